The number of carbonyl (C=O) groups is 3. The second-order valence-electron chi connectivity index (χ2n) is 8.81. The second kappa shape index (κ2) is 9.18. The molecule has 2 amide bonds. The van der Waals surface area contributed by atoms with Crippen LogP contribution in [0.15, 0.2) is 23.2 Å². The summed E-state index contributed by atoms with van der Waals surface area (Å²) in [5, 5.41) is 13.7. The molecule has 0 aromatic heterocycles. The lowest BCUT2D eigenvalue weighted by molar-refractivity contribution is -0.140. The van der Waals surface area contributed by atoms with Crippen LogP contribution < -0.4 is 15.9 Å². The summed E-state index contributed by atoms with van der Waals surface area (Å²) in [5.74, 6) is 0.0376. The van der Waals surface area contributed by atoms with E-state index in [-0.39, 0.29) is 18.2 Å². The largest absolute Gasteiger partial charge is 0.481 e. The first kappa shape index (κ1) is 21.5. The van der Waals surface area contributed by atoms with Gasteiger partial charge in [-0.1, -0.05) is 0 Å². The van der Waals surface area contributed by atoms with Gasteiger partial charge in [-0.25, -0.2) is 0 Å². The minimum absolute atomic E-state index is 0.000253. The number of nitrogens with one attached hydrogen (secondary N) is 1. The highest BCUT2D eigenvalue weighted by molar-refractivity contribution is 5.94. The van der Waals surface area contributed by atoms with Gasteiger partial charge in [0.15, 0.2) is 0 Å². The van der Waals surface area contributed by atoms with Crippen LogP contribution in [0.2, 0.25) is 0 Å². The minimum Gasteiger partial charge on any atom is -0.481 e. The van der Waals surface area contributed by atoms with Crippen molar-refractivity contribution in [3.8, 4) is 0 Å². The first-order valence-electron chi connectivity index (χ1n) is 11.1. The molecule has 0 aliphatic carbocycles. The van der Waals surface area contributed by atoms with E-state index in [1.807, 2.05) is 4.90 Å². The van der Waals surface area contributed by atoms with Crippen LogP contribution in [0.1, 0.15) is 42.5 Å². The number of hydrogen-bond donors (Lipinski definition) is 2. The molecule has 1 aromatic rings. The Morgan fingerprint density at radius 1 is 1.13 bits per heavy atom. The maximum atomic E-state index is 13.1. The molecule has 8 nitrogen and oxygen atoms in total. The van der Waals surface area contributed by atoms with Crippen molar-refractivity contribution in [2.45, 2.75) is 38.1 Å². The molecular weight excluding hydrogens is 396 g/mol. The third-order valence-electron chi connectivity index (χ3n) is 6.78. The Balaban J connectivity index is 1.49. The van der Waals surface area contributed by atoms with Gasteiger partial charge in [0.05, 0.1) is 11.8 Å². The van der Waals surface area contributed by atoms with E-state index < -0.39 is 12.0 Å². The fraction of sp³-hybridized carbons (Fsp3) is 0.565. The molecule has 2 N–H and O–H groups in total. The molecule has 3 aliphatic heterocycles. The van der Waals surface area contributed by atoms with Crippen molar-refractivity contribution in [3.05, 3.63) is 34.3 Å². The number of nitrogens with zero attached hydrogens (tertiary/aromatic N) is 3. The summed E-state index contributed by atoms with van der Waals surface area (Å²) in [4.78, 5) is 44.3. The Labute approximate surface area is 181 Å². The van der Waals surface area contributed by atoms with Crippen molar-refractivity contribution in [2.75, 3.05) is 33.2 Å². The van der Waals surface area contributed by atoms with Crippen molar-refractivity contribution in [2.24, 2.45) is 16.8 Å². The summed E-state index contributed by atoms with van der Waals surface area (Å²) in [6, 6.07) is 4.23. The molecule has 2 saturated heterocycles. The Morgan fingerprint density at radius 2 is 1.81 bits per heavy atom. The van der Waals surface area contributed by atoms with Gasteiger partial charge in [-0.05, 0) is 68.8 Å². The number of rotatable bonds is 4. The van der Waals surface area contributed by atoms with Crippen LogP contribution in [0.5, 0.6) is 0 Å². The average Bonchev–Trinajstić information content (AvgIpc) is 2.89. The first-order valence-corrected chi connectivity index (χ1v) is 11.1. The Hall–Kier alpha value is -2.74. The summed E-state index contributed by atoms with van der Waals surface area (Å²) < 4.78 is 0. The van der Waals surface area contributed by atoms with E-state index >= 15 is 0 Å². The van der Waals surface area contributed by atoms with E-state index in [0.717, 1.165) is 44.9 Å². The number of amides is 2. The number of carboxylic acids is 1. The molecule has 0 unspecified atom stereocenters. The van der Waals surface area contributed by atoms with E-state index in [1.54, 1.807) is 31.4 Å². The van der Waals surface area contributed by atoms with Gasteiger partial charge in [0, 0.05) is 37.1 Å². The van der Waals surface area contributed by atoms with E-state index in [4.69, 9.17) is 5.11 Å². The van der Waals surface area contributed by atoms with Crippen LogP contribution in [-0.2, 0) is 9.59 Å². The molecule has 0 radical (unpaired) electrons. The van der Waals surface area contributed by atoms with Crippen LogP contribution in [0, 0.1) is 11.8 Å². The smallest absolute Gasteiger partial charge is 0.306 e. The zero-order chi connectivity index (χ0) is 22.0. The highest BCUT2D eigenvalue weighted by Gasteiger charge is 2.30. The molecule has 4 rings (SSSR count). The molecule has 8 heteroatoms. The summed E-state index contributed by atoms with van der Waals surface area (Å²) in [7, 11) is 1.59. The molecule has 0 spiro atoms. The lowest BCUT2D eigenvalue weighted by atomic mass is 9.79. The number of likely N-dealkylation sites (N-methyl/N-ethyl adjacent to an activating group) is 1. The predicted molar refractivity (Wildman–Crippen MR) is 115 cm³/mol. The molecule has 3 heterocycles. The van der Waals surface area contributed by atoms with E-state index in [0.29, 0.717) is 22.1 Å². The van der Waals surface area contributed by atoms with Crippen LogP contribution in [0.25, 0.3) is 6.20 Å². The fourth-order valence-corrected chi connectivity index (χ4v) is 5.01. The fourth-order valence-electron chi connectivity index (χ4n) is 5.01. The van der Waals surface area contributed by atoms with Crippen LogP contribution in [-0.4, -0.2) is 72.0 Å². The summed E-state index contributed by atoms with van der Waals surface area (Å²) >= 11 is 0. The van der Waals surface area contributed by atoms with Gasteiger partial charge in [-0.15, -0.1) is 0 Å². The SMILES string of the molecule is CN1C=c2cc(C(=O)N3CCC(C4CCNCC4)CC3)ccc2=N[C@@H](CC(=O)O)C1=O. The lowest BCUT2D eigenvalue weighted by Gasteiger charge is -2.37. The van der Waals surface area contributed by atoms with E-state index in [1.165, 1.54) is 17.7 Å². The van der Waals surface area contributed by atoms with Gasteiger partial charge in [-0.3, -0.25) is 19.4 Å². The molecule has 3 aliphatic rings. The van der Waals surface area contributed by atoms with Crippen LogP contribution in [0.3, 0.4) is 0 Å². The van der Waals surface area contributed by atoms with Crippen molar-refractivity contribution >= 4 is 24.0 Å². The Bertz CT molecular complexity index is 978. The summed E-state index contributed by atoms with van der Waals surface area (Å²) in [5.41, 5.74) is 0.572. The summed E-state index contributed by atoms with van der Waals surface area (Å²) in [6.07, 6.45) is 5.84. The number of piperidine rings is 2. The Morgan fingerprint density at radius 3 is 2.48 bits per heavy atom. The molecule has 31 heavy (non-hydrogen) atoms. The highest BCUT2D eigenvalue weighted by atomic mass is 16.4. The van der Waals surface area contributed by atoms with Crippen LogP contribution >= 0.6 is 0 Å². The van der Waals surface area contributed by atoms with Gasteiger partial charge in [0.25, 0.3) is 11.8 Å². The quantitative estimate of drug-likeness (QED) is 0.717. The third kappa shape index (κ3) is 4.79. The van der Waals surface area contributed by atoms with Crippen molar-refractivity contribution < 1.29 is 19.5 Å². The monoisotopic (exact) mass is 426 g/mol. The first-order chi connectivity index (χ1) is 14.9. The number of carboxylic acid groups (broad SMARTS) is 1. The van der Waals surface area contributed by atoms with Crippen molar-refractivity contribution in [1.82, 2.24) is 15.1 Å². The minimum atomic E-state index is -1.07. The number of likely N-dealkylation sites (tertiary alicyclic amines) is 1. The molecule has 1 atom stereocenters. The van der Waals surface area contributed by atoms with Gasteiger partial charge >= 0.3 is 5.97 Å². The van der Waals surface area contributed by atoms with Gasteiger partial charge in [0.1, 0.15) is 6.04 Å². The van der Waals surface area contributed by atoms with E-state index in [9.17, 15) is 14.4 Å². The highest BCUT2D eigenvalue weighted by Crippen LogP contribution is 2.31. The number of hydrogen-bond acceptors (Lipinski definition) is 5. The molecule has 166 valence electrons. The molecule has 1 aromatic carbocycles. The number of carbonyl (C=O) groups excluding carboxylic acids is 2. The topological polar surface area (TPSA) is 102 Å². The Kier molecular flexibility index (Phi) is 6.36. The zero-order valence-corrected chi connectivity index (χ0v) is 17.9. The molecular formula is C23H30N4O4. The van der Waals surface area contributed by atoms with Crippen LogP contribution in [0.4, 0.5) is 0 Å². The summed E-state index contributed by atoms with van der Waals surface area (Å²) in [6.45, 7) is 3.75. The average molecular weight is 427 g/mol. The number of benzene rings is 1. The normalized spacial score (nSPS) is 22.9. The maximum absolute atomic E-state index is 13.1. The zero-order valence-electron chi connectivity index (χ0n) is 17.9. The number of fused-ring (bicyclic) bond motifs is 1. The van der Waals surface area contributed by atoms with Crippen molar-refractivity contribution in [1.29, 1.82) is 0 Å². The van der Waals surface area contributed by atoms with Gasteiger partial charge in [-0.2, -0.15) is 0 Å². The predicted octanol–water partition coefficient (Wildman–Crippen LogP) is 0.211. The lowest BCUT2D eigenvalue weighted by Crippen LogP contribution is -2.42. The maximum Gasteiger partial charge on any atom is 0.306 e. The van der Waals surface area contributed by atoms with E-state index in [2.05, 4.69) is 10.3 Å². The van der Waals surface area contributed by atoms with Gasteiger partial charge < -0.3 is 20.2 Å². The molecule has 0 bridgehead atoms. The number of aliphatic carboxylic acids is 1. The van der Waals surface area contributed by atoms with Crippen molar-refractivity contribution in [3.63, 3.8) is 0 Å². The second-order valence-corrected chi connectivity index (χ2v) is 8.81. The third-order valence-corrected chi connectivity index (χ3v) is 6.78. The standard InChI is InChI=1S/C23H30N4O4/c1-26-14-18-12-17(2-3-19(18)25-20(23(26)31)13-21(28)29)22(30)27-10-6-16(7-11-27)15-4-8-24-9-5-15/h2-3,12,14-16,20,24H,4-11,13H2,1H3,(H,28,29)/t20-/m0/s1. The molecule has 2 fully saturated rings. The van der Waals surface area contributed by atoms with Gasteiger partial charge in [0.2, 0.25) is 0 Å². The molecule has 0 saturated carbocycles.